The summed E-state index contributed by atoms with van der Waals surface area (Å²) in [7, 11) is 0. The fraction of sp³-hybridized carbons (Fsp3) is 0.250. The minimum Gasteiger partial charge on any atom is -0.444 e. The number of hydrogen-bond donors (Lipinski definition) is 3. The lowest BCUT2D eigenvalue weighted by Crippen LogP contribution is -2.52. The number of nitrogens with one attached hydrogen (secondary N) is 3. The van der Waals surface area contributed by atoms with Crippen molar-refractivity contribution < 1.29 is 38.1 Å². The topological polar surface area (TPSA) is 154 Å². The molecule has 0 aliphatic carbocycles. The number of ether oxygens (including phenoxy) is 4. The van der Waals surface area contributed by atoms with Crippen LogP contribution in [-0.4, -0.2) is 41.3 Å². The van der Waals surface area contributed by atoms with Gasteiger partial charge in [0, 0.05) is 10.8 Å². The number of fused-ring (bicyclic) bond motifs is 1. The molecular weight excluding hydrogens is 616 g/mol. The van der Waals surface area contributed by atoms with Gasteiger partial charge in [0.25, 0.3) is 0 Å². The maximum Gasteiger partial charge on any atom is 0.414 e. The maximum atomic E-state index is 13.2. The molecule has 0 radical (unpaired) electrons. The molecule has 4 rings (SSSR count). The number of alkyl carbamates (subject to hydrolysis) is 3. The first kappa shape index (κ1) is 35.0. The number of esters is 1. The number of guanidine groups is 1. The zero-order chi connectivity index (χ0) is 34.7. The highest BCUT2D eigenvalue weighted by atomic mass is 16.6. The molecule has 0 saturated heterocycles. The van der Waals surface area contributed by atoms with Gasteiger partial charge in [-0.3, -0.25) is 10.6 Å². The highest BCUT2D eigenvalue weighted by molar-refractivity contribution is 6.05. The summed E-state index contributed by atoms with van der Waals surface area (Å²) >= 11 is 0. The quantitative estimate of drug-likeness (QED) is 0.0610. The van der Waals surface area contributed by atoms with E-state index in [9.17, 15) is 19.2 Å². The average molecular weight is 655 g/mol. The number of hydrogen-bond acceptors (Lipinski definition) is 9. The maximum absolute atomic E-state index is 13.2. The summed E-state index contributed by atoms with van der Waals surface area (Å²) < 4.78 is 21.6. The van der Waals surface area contributed by atoms with E-state index in [0.717, 1.165) is 11.1 Å². The first-order valence-corrected chi connectivity index (χ1v) is 15.1. The van der Waals surface area contributed by atoms with Gasteiger partial charge in [0.1, 0.15) is 30.1 Å². The molecule has 0 aliphatic rings. The summed E-state index contributed by atoms with van der Waals surface area (Å²) in [6, 6.07) is 28.2. The molecule has 0 unspecified atom stereocenters. The van der Waals surface area contributed by atoms with Crippen LogP contribution in [0, 0.1) is 0 Å². The van der Waals surface area contributed by atoms with Gasteiger partial charge in [0.05, 0.1) is 5.69 Å². The van der Waals surface area contributed by atoms with Crippen LogP contribution < -0.4 is 20.7 Å². The van der Waals surface area contributed by atoms with Crippen molar-refractivity contribution in [2.75, 3.05) is 0 Å². The van der Waals surface area contributed by atoms with Gasteiger partial charge in [-0.2, -0.15) is 0 Å². The van der Waals surface area contributed by atoms with Crippen LogP contribution in [0.25, 0.3) is 10.8 Å². The zero-order valence-corrected chi connectivity index (χ0v) is 27.4. The number of carbonyl (C=O) groups excluding carboxylic acids is 4. The Kier molecular flexibility index (Phi) is 11.4. The highest BCUT2D eigenvalue weighted by Crippen LogP contribution is 2.34. The molecule has 4 aromatic rings. The van der Waals surface area contributed by atoms with Crippen LogP contribution in [0.2, 0.25) is 0 Å². The minimum absolute atomic E-state index is 0.0134. The van der Waals surface area contributed by atoms with Gasteiger partial charge >= 0.3 is 24.2 Å². The van der Waals surface area contributed by atoms with E-state index >= 15 is 0 Å². The number of nitrogens with zero attached hydrogens (tertiary/aromatic N) is 1. The Hall–Kier alpha value is -5.91. The minimum atomic E-state index is -1.43. The van der Waals surface area contributed by atoms with E-state index in [1.54, 1.807) is 75.4 Å². The normalized spacial score (nSPS) is 11.1. The molecule has 0 aliphatic heterocycles. The van der Waals surface area contributed by atoms with E-state index in [-0.39, 0.29) is 24.9 Å². The van der Waals surface area contributed by atoms with E-state index in [0.29, 0.717) is 16.5 Å². The molecule has 12 nitrogen and oxygen atoms in total. The molecule has 3 N–H and O–H groups in total. The summed E-state index contributed by atoms with van der Waals surface area (Å²) in [5.41, 5.74) is -0.333. The van der Waals surface area contributed by atoms with E-state index in [2.05, 4.69) is 20.9 Å². The second kappa shape index (κ2) is 15.6. The molecule has 0 saturated carbocycles. The number of amides is 3. The van der Waals surface area contributed by atoms with Crippen LogP contribution in [-0.2, 0) is 32.2 Å². The van der Waals surface area contributed by atoms with Crippen molar-refractivity contribution in [3.63, 3.8) is 0 Å². The summed E-state index contributed by atoms with van der Waals surface area (Å²) in [5.74, 6) is -0.801. The molecular formula is C36H38N4O8. The van der Waals surface area contributed by atoms with Crippen LogP contribution in [0.15, 0.2) is 102 Å². The van der Waals surface area contributed by atoms with Crippen molar-refractivity contribution in [2.24, 2.45) is 4.99 Å². The number of aliphatic imine (C=N–C) groups is 1. The molecule has 0 atom stereocenters. The number of benzene rings is 4. The Bertz CT molecular complexity index is 1730. The lowest BCUT2D eigenvalue weighted by molar-refractivity contribution is -0.140. The van der Waals surface area contributed by atoms with E-state index in [4.69, 9.17) is 18.9 Å². The largest absolute Gasteiger partial charge is 0.444 e. The molecule has 3 amide bonds. The second-order valence-corrected chi connectivity index (χ2v) is 12.1. The summed E-state index contributed by atoms with van der Waals surface area (Å²) in [4.78, 5) is 55.5. The molecule has 0 aromatic heterocycles. The van der Waals surface area contributed by atoms with E-state index < -0.39 is 35.4 Å². The Morgan fingerprint density at radius 3 is 1.65 bits per heavy atom. The predicted octanol–water partition coefficient (Wildman–Crippen LogP) is 6.89. The van der Waals surface area contributed by atoms with Crippen LogP contribution >= 0.6 is 0 Å². The van der Waals surface area contributed by atoms with Crippen LogP contribution in [0.5, 0.6) is 5.75 Å². The standard InChI is InChI=1S/C36H38N4O8/c1-35(2,3)48-34(44)40-36(4,5)30(41)47-29-21-20-28(26-18-12-13-19-27(26)29)37-31(38-32(42)45-22-24-14-8-6-9-15-24)39-33(43)46-23-25-16-10-7-11-17-25/h6-21H,22-23H2,1-5H3,(H,40,44)(H2,37,38,39,42,43). The van der Waals surface area contributed by atoms with Gasteiger partial charge in [0.15, 0.2) is 0 Å². The molecule has 250 valence electrons. The van der Waals surface area contributed by atoms with Gasteiger partial charge in [-0.25, -0.2) is 24.2 Å². The Morgan fingerprint density at radius 2 is 1.12 bits per heavy atom. The van der Waals surface area contributed by atoms with Crippen molar-refractivity contribution in [3.8, 4) is 5.75 Å². The molecule has 0 fully saturated rings. The molecule has 12 heteroatoms. The van der Waals surface area contributed by atoms with Crippen LogP contribution in [0.4, 0.5) is 20.1 Å². The van der Waals surface area contributed by atoms with Crippen molar-refractivity contribution in [1.82, 2.24) is 16.0 Å². The Balaban J connectivity index is 1.57. The monoisotopic (exact) mass is 654 g/mol. The van der Waals surface area contributed by atoms with Crippen molar-refractivity contribution in [1.29, 1.82) is 0 Å². The SMILES string of the molecule is CC(C)(C)OC(=O)NC(C)(C)C(=O)Oc1ccc(N=C(NC(=O)OCc2ccccc2)NC(=O)OCc2ccccc2)c2ccccc12. The molecule has 4 aromatic carbocycles. The lowest BCUT2D eigenvalue weighted by Gasteiger charge is -2.27. The average Bonchev–Trinajstić information content (AvgIpc) is 3.03. The summed E-state index contributed by atoms with van der Waals surface area (Å²) in [5, 5.41) is 8.50. The van der Waals surface area contributed by atoms with Crippen LogP contribution in [0.1, 0.15) is 45.7 Å². The number of rotatable bonds is 8. The summed E-state index contributed by atoms with van der Waals surface area (Å²) in [6.07, 6.45) is -2.50. The Morgan fingerprint density at radius 1 is 0.625 bits per heavy atom. The van der Waals surface area contributed by atoms with Crippen molar-refractivity contribution >= 4 is 46.7 Å². The van der Waals surface area contributed by atoms with Crippen molar-refractivity contribution in [3.05, 3.63) is 108 Å². The van der Waals surface area contributed by atoms with Gasteiger partial charge in [0.2, 0.25) is 5.96 Å². The zero-order valence-electron chi connectivity index (χ0n) is 27.4. The highest BCUT2D eigenvalue weighted by Gasteiger charge is 2.34. The molecule has 0 bridgehead atoms. The smallest absolute Gasteiger partial charge is 0.414 e. The van der Waals surface area contributed by atoms with Gasteiger partial charge in [-0.15, -0.1) is 0 Å². The van der Waals surface area contributed by atoms with Gasteiger partial charge in [-0.1, -0.05) is 84.9 Å². The fourth-order valence-electron chi connectivity index (χ4n) is 4.20. The Labute approximate surface area is 278 Å². The van der Waals surface area contributed by atoms with Crippen LogP contribution in [0.3, 0.4) is 0 Å². The van der Waals surface area contributed by atoms with Gasteiger partial charge < -0.3 is 24.3 Å². The second-order valence-electron chi connectivity index (χ2n) is 12.1. The summed E-state index contributed by atoms with van der Waals surface area (Å²) in [6.45, 7) is 8.11. The fourth-order valence-corrected chi connectivity index (χ4v) is 4.20. The van der Waals surface area contributed by atoms with Crippen molar-refractivity contribution in [2.45, 2.75) is 59.0 Å². The van der Waals surface area contributed by atoms with Gasteiger partial charge in [-0.05, 0) is 57.9 Å². The predicted molar refractivity (Wildman–Crippen MR) is 180 cm³/mol. The third kappa shape index (κ3) is 10.6. The third-order valence-electron chi connectivity index (χ3n) is 6.49. The third-order valence-corrected chi connectivity index (χ3v) is 6.49. The van der Waals surface area contributed by atoms with E-state index in [1.165, 1.54) is 19.9 Å². The first-order valence-electron chi connectivity index (χ1n) is 15.1. The molecule has 0 spiro atoms. The lowest BCUT2D eigenvalue weighted by atomic mass is 10.1. The number of carbonyl (C=O) groups is 4. The molecule has 0 heterocycles. The molecule has 48 heavy (non-hydrogen) atoms. The first-order chi connectivity index (χ1) is 22.8. The van der Waals surface area contributed by atoms with E-state index in [1.807, 2.05) is 36.4 Å².